The number of rotatable bonds is 5. The van der Waals surface area contributed by atoms with Gasteiger partial charge in [-0.05, 0) is 12.8 Å². The first kappa shape index (κ1) is 15.7. The number of aryl methyl sites for hydroxylation is 2. The van der Waals surface area contributed by atoms with E-state index < -0.39 is 0 Å². The summed E-state index contributed by atoms with van der Waals surface area (Å²) in [5, 5.41) is 7.18. The number of hydrogen-bond donors (Lipinski definition) is 1. The summed E-state index contributed by atoms with van der Waals surface area (Å²) in [6.07, 6.45) is 7.75. The zero-order valence-electron chi connectivity index (χ0n) is 13.5. The zero-order valence-corrected chi connectivity index (χ0v) is 13.5. The van der Waals surface area contributed by atoms with Gasteiger partial charge < -0.3 is 14.5 Å². The molecule has 23 heavy (non-hydrogen) atoms. The van der Waals surface area contributed by atoms with Crippen LogP contribution in [0.4, 0.5) is 0 Å². The zero-order chi connectivity index (χ0) is 16.2. The number of carbonyl (C=O) groups is 1. The van der Waals surface area contributed by atoms with Crippen LogP contribution in [-0.4, -0.2) is 33.8 Å². The molecule has 0 bridgehead atoms. The lowest BCUT2D eigenvalue weighted by Gasteiger charge is -2.31. The smallest absolute Gasteiger partial charge is 0.273 e. The molecular weight excluding hydrogens is 296 g/mol. The Kier molecular flexibility index (Phi) is 4.76. The quantitative estimate of drug-likeness (QED) is 0.910. The van der Waals surface area contributed by atoms with Gasteiger partial charge in [-0.25, -0.2) is 4.98 Å². The standard InChI is InChI=1S/C16H22N4O3/c1-3-13-14(18-10-23-13)16(21)17-7-11-5-4-6-22-15(11)12-8-19-20(2)9-12/h8-11,15H,3-7H2,1-2H3,(H,17,21)/t11-,15+/m0/s1. The molecule has 1 amide bonds. The Hall–Kier alpha value is -2.15. The molecule has 2 aromatic heterocycles. The molecule has 1 aliphatic rings. The van der Waals surface area contributed by atoms with Crippen molar-refractivity contribution in [1.29, 1.82) is 0 Å². The van der Waals surface area contributed by atoms with Gasteiger partial charge in [0.15, 0.2) is 12.1 Å². The summed E-state index contributed by atoms with van der Waals surface area (Å²) in [6, 6.07) is 0. The molecule has 1 saturated heterocycles. The molecule has 0 radical (unpaired) electrons. The van der Waals surface area contributed by atoms with Crippen LogP contribution < -0.4 is 5.32 Å². The van der Waals surface area contributed by atoms with Crippen LogP contribution in [0.3, 0.4) is 0 Å². The molecular formula is C16H22N4O3. The second kappa shape index (κ2) is 6.95. The van der Waals surface area contributed by atoms with Gasteiger partial charge >= 0.3 is 0 Å². The average molecular weight is 318 g/mol. The molecule has 7 nitrogen and oxygen atoms in total. The number of nitrogens with one attached hydrogen (secondary N) is 1. The van der Waals surface area contributed by atoms with Crippen molar-refractivity contribution in [2.75, 3.05) is 13.2 Å². The highest BCUT2D eigenvalue weighted by atomic mass is 16.5. The summed E-state index contributed by atoms with van der Waals surface area (Å²) in [5.74, 6) is 0.659. The van der Waals surface area contributed by atoms with Crippen molar-refractivity contribution in [3.63, 3.8) is 0 Å². The summed E-state index contributed by atoms with van der Waals surface area (Å²) >= 11 is 0. The average Bonchev–Trinajstić information content (AvgIpc) is 3.21. The molecule has 2 aromatic rings. The highest BCUT2D eigenvalue weighted by Gasteiger charge is 2.29. The second-order valence-electron chi connectivity index (χ2n) is 5.83. The van der Waals surface area contributed by atoms with E-state index in [0.29, 0.717) is 24.4 Å². The lowest BCUT2D eigenvalue weighted by Crippen LogP contribution is -2.35. The van der Waals surface area contributed by atoms with Crippen LogP contribution in [0, 0.1) is 5.92 Å². The highest BCUT2D eigenvalue weighted by molar-refractivity contribution is 5.93. The molecule has 0 aliphatic carbocycles. The van der Waals surface area contributed by atoms with Gasteiger partial charge in [0.25, 0.3) is 5.91 Å². The third-order valence-corrected chi connectivity index (χ3v) is 4.20. The highest BCUT2D eigenvalue weighted by Crippen LogP contribution is 2.32. The van der Waals surface area contributed by atoms with Gasteiger partial charge in [0.2, 0.25) is 0 Å². The van der Waals surface area contributed by atoms with Crippen molar-refractivity contribution in [2.45, 2.75) is 32.3 Å². The van der Waals surface area contributed by atoms with Crippen LogP contribution in [0.5, 0.6) is 0 Å². The SMILES string of the molecule is CCc1ocnc1C(=O)NC[C@@H]1CCCO[C@H]1c1cnn(C)c1. The summed E-state index contributed by atoms with van der Waals surface area (Å²) in [7, 11) is 1.89. The first-order valence-electron chi connectivity index (χ1n) is 7.99. The van der Waals surface area contributed by atoms with E-state index in [9.17, 15) is 4.79 Å². The van der Waals surface area contributed by atoms with Gasteiger partial charge in [-0.15, -0.1) is 0 Å². The molecule has 124 valence electrons. The Bertz CT molecular complexity index is 664. The van der Waals surface area contributed by atoms with E-state index in [-0.39, 0.29) is 17.9 Å². The Labute approximate surface area is 135 Å². The minimum Gasteiger partial charge on any atom is -0.448 e. The number of ether oxygens (including phenoxy) is 1. The van der Waals surface area contributed by atoms with Crippen LogP contribution >= 0.6 is 0 Å². The number of oxazole rings is 1. The van der Waals surface area contributed by atoms with Gasteiger partial charge in [-0.2, -0.15) is 5.10 Å². The Morgan fingerprint density at radius 3 is 3.13 bits per heavy atom. The van der Waals surface area contributed by atoms with Crippen LogP contribution in [0.2, 0.25) is 0 Å². The van der Waals surface area contributed by atoms with Crippen molar-refractivity contribution >= 4 is 5.91 Å². The maximum absolute atomic E-state index is 12.3. The predicted octanol–water partition coefficient (Wildman–Crippen LogP) is 1.87. The molecule has 0 unspecified atom stereocenters. The van der Waals surface area contributed by atoms with E-state index in [1.807, 2.05) is 26.4 Å². The molecule has 1 N–H and O–H groups in total. The summed E-state index contributed by atoms with van der Waals surface area (Å²) in [4.78, 5) is 16.3. The minimum atomic E-state index is -0.189. The van der Waals surface area contributed by atoms with Crippen molar-refractivity contribution in [1.82, 2.24) is 20.1 Å². The summed E-state index contributed by atoms with van der Waals surface area (Å²) in [5.41, 5.74) is 1.43. The topological polar surface area (TPSA) is 82.2 Å². The fourth-order valence-electron chi connectivity index (χ4n) is 3.02. The molecule has 3 rings (SSSR count). The normalized spacial score (nSPS) is 21.3. The van der Waals surface area contributed by atoms with Crippen LogP contribution in [0.25, 0.3) is 0 Å². The molecule has 2 atom stereocenters. The van der Waals surface area contributed by atoms with Crippen LogP contribution in [0.15, 0.2) is 23.2 Å². The molecule has 1 aliphatic heterocycles. The number of aromatic nitrogens is 3. The third-order valence-electron chi connectivity index (χ3n) is 4.20. The molecule has 0 spiro atoms. The minimum absolute atomic E-state index is 0.0271. The van der Waals surface area contributed by atoms with Gasteiger partial charge in [-0.3, -0.25) is 9.48 Å². The van der Waals surface area contributed by atoms with Crippen molar-refractivity contribution in [2.24, 2.45) is 13.0 Å². The molecule has 0 aromatic carbocycles. The molecule has 1 fully saturated rings. The fourth-order valence-corrected chi connectivity index (χ4v) is 3.02. The number of nitrogens with zero attached hydrogens (tertiary/aromatic N) is 3. The monoisotopic (exact) mass is 318 g/mol. The maximum atomic E-state index is 12.3. The lowest BCUT2D eigenvalue weighted by molar-refractivity contribution is -0.0273. The van der Waals surface area contributed by atoms with E-state index >= 15 is 0 Å². The Balaban J connectivity index is 1.64. The van der Waals surface area contributed by atoms with E-state index in [0.717, 1.165) is 25.0 Å². The lowest BCUT2D eigenvalue weighted by atomic mass is 9.91. The third kappa shape index (κ3) is 3.44. The summed E-state index contributed by atoms with van der Waals surface area (Å²) < 4.78 is 12.9. The first-order valence-corrected chi connectivity index (χ1v) is 7.99. The maximum Gasteiger partial charge on any atom is 0.273 e. The molecule has 0 saturated carbocycles. The number of hydrogen-bond acceptors (Lipinski definition) is 5. The van der Waals surface area contributed by atoms with Gasteiger partial charge in [-0.1, -0.05) is 6.92 Å². The van der Waals surface area contributed by atoms with Gasteiger partial charge in [0, 0.05) is 44.3 Å². The number of amides is 1. The van der Waals surface area contributed by atoms with Crippen LogP contribution in [-0.2, 0) is 18.2 Å². The fraction of sp³-hybridized carbons (Fsp3) is 0.562. The Morgan fingerprint density at radius 2 is 2.39 bits per heavy atom. The van der Waals surface area contributed by atoms with Crippen LogP contribution in [0.1, 0.15) is 47.7 Å². The first-order chi connectivity index (χ1) is 11.2. The van der Waals surface area contributed by atoms with Crippen molar-refractivity contribution in [3.05, 3.63) is 35.8 Å². The largest absolute Gasteiger partial charge is 0.448 e. The van der Waals surface area contributed by atoms with E-state index in [2.05, 4.69) is 15.4 Å². The van der Waals surface area contributed by atoms with Gasteiger partial charge in [0.1, 0.15) is 5.76 Å². The molecule has 3 heterocycles. The van der Waals surface area contributed by atoms with E-state index in [4.69, 9.17) is 9.15 Å². The number of carbonyl (C=O) groups excluding carboxylic acids is 1. The second-order valence-corrected chi connectivity index (χ2v) is 5.83. The van der Waals surface area contributed by atoms with E-state index in [1.54, 1.807) is 4.68 Å². The predicted molar refractivity (Wildman–Crippen MR) is 82.8 cm³/mol. The summed E-state index contributed by atoms with van der Waals surface area (Å²) in [6.45, 7) is 3.23. The van der Waals surface area contributed by atoms with Gasteiger partial charge in [0.05, 0.1) is 12.3 Å². The van der Waals surface area contributed by atoms with E-state index in [1.165, 1.54) is 6.39 Å². The van der Waals surface area contributed by atoms with Crippen molar-refractivity contribution in [3.8, 4) is 0 Å². The Morgan fingerprint density at radius 1 is 1.52 bits per heavy atom. The van der Waals surface area contributed by atoms with Crippen molar-refractivity contribution < 1.29 is 13.9 Å². The molecule has 7 heteroatoms.